The summed E-state index contributed by atoms with van der Waals surface area (Å²) in [6.45, 7) is 10.9. The first kappa shape index (κ1) is 26.9. The molecular weight excluding hydrogens is 432 g/mol. The Hall–Kier alpha value is -3.35. The highest BCUT2D eigenvalue weighted by Crippen LogP contribution is 2.20. The van der Waals surface area contributed by atoms with Gasteiger partial charge in [0.25, 0.3) is 5.91 Å². The van der Waals surface area contributed by atoms with Gasteiger partial charge in [0, 0.05) is 5.69 Å². The zero-order valence-electron chi connectivity index (χ0n) is 21.0. The fourth-order valence-electron chi connectivity index (χ4n) is 3.27. The molecule has 34 heavy (non-hydrogen) atoms. The molecule has 2 amide bonds. The third-order valence-corrected chi connectivity index (χ3v) is 5.28. The summed E-state index contributed by atoms with van der Waals surface area (Å²) in [6.07, 6.45) is -0.0487. The molecular formula is C27H36N2O5. The van der Waals surface area contributed by atoms with E-state index < -0.39 is 29.6 Å². The first-order valence-electron chi connectivity index (χ1n) is 11.6. The third-order valence-electron chi connectivity index (χ3n) is 5.28. The molecule has 2 aromatic carbocycles. The number of aryl methyl sites for hydroxylation is 1. The van der Waals surface area contributed by atoms with E-state index in [-0.39, 0.29) is 19.1 Å². The van der Waals surface area contributed by atoms with Gasteiger partial charge in [-0.05, 0) is 51.3 Å². The van der Waals surface area contributed by atoms with Crippen molar-refractivity contribution in [2.24, 2.45) is 5.92 Å². The number of amides is 2. The molecule has 0 radical (unpaired) electrons. The van der Waals surface area contributed by atoms with Gasteiger partial charge in [0.1, 0.15) is 24.8 Å². The van der Waals surface area contributed by atoms with Gasteiger partial charge in [-0.15, -0.1) is 0 Å². The molecule has 0 unspecified atom stereocenters. The number of alkyl carbamates (subject to hydrolysis) is 1. The van der Waals surface area contributed by atoms with Gasteiger partial charge >= 0.3 is 12.1 Å². The predicted molar refractivity (Wildman–Crippen MR) is 132 cm³/mol. The lowest BCUT2D eigenvalue weighted by atomic mass is 9.97. The van der Waals surface area contributed by atoms with Crippen molar-refractivity contribution in [2.75, 3.05) is 11.4 Å². The first-order valence-corrected chi connectivity index (χ1v) is 11.6. The van der Waals surface area contributed by atoms with E-state index in [0.717, 1.165) is 11.1 Å². The van der Waals surface area contributed by atoms with Crippen LogP contribution >= 0.6 is 0 Å². The van der Waals surface area contributed by atoms with Gasteiger partial charge < -0.3 is 14.8 Å². The van der Waals surface area contributed by atoms with Crippen LogP contribution in [-0.2, 0) is 25.7 Å². The van der Waals surface area contributed by atoms with Crippen LogP contribution < -0.4 is 10.2 Å². The molecule has 7 nitrogen and oxygen atoms in total. The van der Waals surface area contributed by atoms with E-state index in [4.69, 9.17) is 9.47 Å². The van der Waals surface area contributed by atoms with Crippen LogP contribution in [0.15, 0.2) is 54.6 Å². The summed E-state index contributed by atoms with van der Waals surface area (Å²) < 4.78 is 10.8. The van der Waals surface area contributed by atoms with Crippen molar-refractivity contribution in [1.29, 1.82) is 0 Å². The number of carbonyl (C=O) groups is 3. The molecule has 2 aromatic rings. The SMILES string of the molecule is CC[C@H](C)[C@H](NC(=O)OCc1ccccc1)C(=O)N(CC(=O)OC(C)(C)C)c1ccc(C)cc1. The molecule has 0 aromatic heterocycles. The predicted octanol–water partition coefficient (Wildman–Crippen LogP) is 5.01. The molecule has 0 saturated carbocycles. The van der Waals surface area contributed by atoms with Crippen LogP contribution in [0, 0.1) is 12.8 Å². The Morgan fingerprint density at radius 2 is 1.62 bits per heavy atom. The second-order valence-electron chi connectivity index (χ2n) is 9.42. The van der Waals surface area contributed by atoms with Gasteiger partial charge in [0.05, 0.1) is 0 Å². The van der Waals surface area contributed by atoms with E-state index in [1.165, 1.54) is 4.90 Å². The van der Waals surface area contributed by atoms with Crippen LogP contribution in [0.3, 0.4) is 0 Å². The van der Waals surface area contributed by atoms with Crippen LogP contribution in [0.1, 0.15) is 52.2 Å². The fraction of sp³-hybridized carbons (Fsp3) is 0.444. The van der Waals surface area contributed by atoms with Crippen molar-refractivity contribution in [2.45, 2.75) is 66.2 Å². The standard InChI is InChI=1S/C27H36N2O5/c1-7-20(3)24(28-26(32)33-18-21-11-9-8-10-12-21)25(31)29(17-23(30)34-27(4,5)6)22-15-13-19(2)14-16-22/h8-16,20,24H,7,17-18H2,1-6H3,(H,28,32)/t20-,24-/m0/s1. The molecule has 0 aliphatic carbocycles. The van der Waals surface area contributed by atoms with Gasteiger partial charge in [0.15, 0.2) is 0 Å². The molecule has 2 rings (SSSR count). The summed E-state index contributed by atoms with van der Waals surface area (Å²) in [5.41, 5.74) is 1.73. The quantitative estimate of drug-likeness (QED) is 0.523. The lowest BCUT2D eigenvalue weighted by molar-refractivity contribution is -0.153. The maximum atomic E-state index is 13.7. The largest absolute Gasteiger partial charge is 0.459 e. The monoisotopic (exact) mass is 468 g/mol. The van der Waals surface area contributed by atoms with Gasteiger partial charge in [-0.1, -0.05) is 68.3 Å². The minimum atomic E-state index is -0.878. The minimum absolute atomic E-state index is 0.0909. The zero-order valence-corrected chi connectivity index (χ0v) is 21.0. The summed E-state index contributed by atoms with van der Waals surface area (Å²) in [4.78, 5) is 40.2. The number of rotatable bonds is 9. The van der Waals surface area contributed by atoms with E-state index in [9.17, 15) is 14.4 Å². The van der Waals surface area contributed by atoms with Crippen molar-refractivity contribution in [3.8, 4) is 0 Å². The first-order chi connectivity index (χ1) is 16.0. The van der Waals surface area contributed by atoms with Crippen LogP contribution in [0.2, 0.25) is 0 Å². The highest BCUT2D eigenvalue weighted by Gasteiger charge is 2.33. The lowest BCUT2D eigenvalue weighted by Crippen LogP contribution is -2.53. The van der Waals surface area contributed by atoms with Crippen LogP contribution in [0.25, 0.3) is 0 Å². The van der Waals surface area contributed by atoms with Crippen molar-refractivity contribution >= 4 is 23.7 Å². The Bertz CT molecular complexity index is 951. The molecule has 184 valence electrons. The summed E-state index contributed by atoms with van der Waals surface area (Å²) in [5, 5.41) is 2.72. The number of esters is 1. The highest BCUT2D eigenvalue weighted by atomic mass is 16.6. The Balaban J connectivity index is 2.23. The second kappa shape index (κ2) is 12.2. The van der Waals surface area contributed by atoms with Gasteiger partial charge in [-0.2, -0.15) is 0 Å². The maximum Gasteiger partial charge on any atom is 0.408 e. The van der Waals surface area contributed by atoms with Crippen LogP contribution in [0.5, 0.6) is 0 Å². The number of nitrogens with one attached hydrogen (secondary N) is 1. The molecule has 0 spiro atoms. The van der Waals surface area contributed by atoms with E-state index >= 15 is 0 Å². The Kier molecular flexibility index (Phi) is 9.66. The number of hydrogen-bond acceptors (Lipinski definition) is 5. The minimum Gasteiger partial charge on any atom is -0.459 e. The smallest absolute Gasteiger partial charge is 0.408 e. The highest BCUT2D eigenvalue weighted by molar-refractivity contribution is 6.02. The number of nitrogens with zero attached hydrogens (tertiary/aromatic N) is 1. The van der Waals surface area contributed by atoms with Crippen molar-refractivity contribution in [3.05, 3.63) is 65.7 Å². The Morgan fingerprint density at radius 3 is 2.18 bits per heavy atom. The maximum absolute atomic E-state index is 13.7. The molecule has 0 aliphatic rings. The number of hydrogen-bond donors (Lipinski definition) is 1. The average Bonchev–Trinajstić information content (AvgIpc) is 2.79. The Morgan fingerprint density at radius 1 is 1.00 bits per heavy atom. The van der Waals surface area contributed by atoms with Gasteiger partial charge in [-0.3, -0.25) is 14.5 Å². The van der Waals surface area contributed by atoms with E-state index in [2.05, 4.69) is 5.32 Å². The molecule has 7 heteroatoms. The van der Waals surface area contributed by atoms with Crippen molar-refractivity contribution in [1.82, 2.24) is 5.32 Å². The number of carbonyl (C=O) groups excluding carboxylic acids is 3. The van der Waals surface area contributed by atoms with E-state index in [0.29, 0.717) is 12.1 Å². The molecule has 0 saturated heterocycles. The summed E-state index contributed by atoms with van der Waals surface area (Å²) in [5.74, 6) is -1.12. The second-order valence-corrected chi connectivity index (χ2v) is 9.42. The number of anilines is 1. The summed E-state index contributed by atoms with van der Waals surface area (Å²) in [6, 6.07) is 15.7. The lowest BCUT2D eigenvalue weighted by Gasteiger charge is -2.31. The zero-order chi connectivity index (χ0) is 25.3. The number of ether oxygens (including phenoxy) is 2. The van der Waals surface area contributed by atoms with Gasteiger partial charge in [-0.25, -0.2) is 4.79 Å². The van der Waals surface area contributed by atoms with Crippen LogP contribution in [-0.4, -0.2) is 36.2 Å². The van der Waals surface area contributed by atoms with Crippen LogP contribution in [0.4, 0.5) is 10.5 Å². The molecule has 2 atom stereocenters. The molecule has 1 N–H and O–H groups in total. The summed E-state index contributed by atoms with van der Waals surface area (Å²) in [7, 11) is 0. The topological polar surface area (TPSA) is 84.9 Å². The molecule has 0 bridgehead atoms. The summed E-state index contributed by atoms with van der Waals surface area (Å²) >= 11 is 0. The molecule has 0 aliphatic heterocycles. The van der Waals surface area contributed by atoms with E-state index in [1.807, 2.05) is 63.2 Å². The normalized spacial score (nSPS) is 12.9. The van der Waals surface area contributed by atoms with Crippen molar-refractivity contribution < 1.29 is 23.9 Å². The van der Waals surface area contributed by atoms with Gasteiger partial charge in [0.2, 0.25) is 0 Å². The fourth-order valence-corrected chi connectivity index (χ4v) is 3.27. The van der Waals surface area contributed by atoms with Crippen molar-refractivity contribution in [3.63, 3.8) is 0 Å². The van der Waals surface area contributed by atoms with E-state index in [1.54, 1.807) is 32.9 Å². The Labute approximate surface area is 202 Å². The average molecular weight is 469 g/mol. The number of benzene rings is 2. The molecule has 0 heterocycles. The third kappa shape index (κ3) is 8.54. The molecule has 0 fully saturated rings.